The summed E-state index contributed by atoms with van der Waals surface area (Å²) in [6.07, 6.45) is 0.989. The minimum absolute atomic E-state index is 0.331. The number of nitrogens with one attached hydrogen (secondary N) is 1. The molecule has 3 aromatic rings. The highest BCUT2D eigenvalue weighted by Crippen LogP contribution is 2.31. The van der Waals surface area contributed by atoms with Crippen LogP contribution in [0, 0.1) is 0 Å². The van der Waals surface area contributed by atoms with Crippen molar-refractivity contribution < 1.29 is 4.74 Å². The summed E-state index contributed by atoms with van der Waals surface area (Å²) in [5.41, 5.74) is 9.56. The third-order valence-electron chi connectivity index (χ3n) is 5.30. The number of fused-ring (bicyclic) bond motifs is 1. The first kappa shape index (κ1) is 20.0. The lowest BCUT2D eigenvalue weighted by Gasteiger charge is -2.28. The van der Waals surface area contributed by atoms with Crippen LogP contribution in [-0.4, -0.2) is 23.9 Å². The number of ether oxygens (including phenoxy) is 1. The van der Waals surface area contributed by atoms with Crippen molar-refractivity contribution >= 4 is 11.6 Å². The number of para-hydroxylation sites is 1. The van der Waals surface area contributed by atoms with Crippen LogP contribution in [0.4, 0.5) is 5.69 Å². The number of nitrogens with zero attached hydrogens (tertiary/aromatic N) is 2. The molecule has 3 aromatic carbocycles. The molecule has 0 aliphatic carbocycles. The van der Waals surface area contributed by atoms with Crippen LogP contribution in [0.3, 0.4) is 0 Å². The van der Waals surface area contributed by atoms with E-state index in [9.17, 15) is 0 Å². The van der Waals surface area contributed by atoms with Gasteiger partial charge in [-0.15, -0.1) is 0 Å². The molecule has 0 aromatic heterocycles. The lowest BCUT2D eigenvalue weighted by molar-refractivity contribution is 0.384. The molecule has 3 N–H and O–H groups in total. The average molecular weight is 401 g/mol. The Bertz CT molecular complexity index is 989. The maximum atomic E-state index is 6.21. The second-order valence-electron chi connectivity index (χ2n) is 7.54. The van der Waals surface area contributed by atoms with Gasteiger partial charge in [0.15, 0.2) is 5.96 Å². The molecule has 1 aliphatic heterocycles. The van der Waals surface area contributed by atoms with Gasteiger partial charge in [-0.05, 0) is 55.8 Å². The molecule has 0 bridgehead atoms. The standard InChI is InChI=1S/C25H28N4O/c1-19(20-9-4-2-5-10-20)27-15-8-16-29-18-21-17-23(13-14-24(21)28-25(29)26)30-22-11-6-3-7-12-22/h2-7,9-14,17,19,27H,8,15-16,18H2,1H3,(H2,26,28). The van der Waals surface area contributed by atoms with E-state index in [2.05, 4.69) is 52.5 Å². The van der Waals surface area contributed by atoms with Crippen molar-refractivity contribution in [3.05, 3.63) is 90.0 Å². The topological polar surface area (TPSA) is 62.9 Å². The minimum Gasteiger partial charge on any atom is -0.457 e. The van der Waals surface area contributed by atoms with Crippen molar-refractivity contribution in [2.45, 2.75) is 25.9 Å². The molecule has 1 unspecified atom stereocenters. The van der Waals surface area contributed by atoms with Crippen molar-refractivity contribution in [1.29, 1.82) is 0 Å². The molecule has 5 nitrogen and oxygen atoms in total. The average Bonchev–Trinajstić information content (AvgIpc) is 2.78. The lowest BCUT2D eigenvalue weighted by atomic mass is 10.1. The molecular weight excluding hydrogens is 372 g/mol. The number of rotatable bonds is 8. The zero-order valence-corrected chi connectivity index (χ0v) is 17.3. The van der Waals surface area contributed by atoms with Gasteiger partial charge in [0.1, 0.15) is 11.5 Å². The van der Waals surface area contributed by atoms with Gasteiger partial charge in [-0.1, -0.05) is 48.5 Å². The van der Waals surface area contributed by atoms with Crippen LogP contribution < -0.4 is 15.8 Å². The van der Waals surface area contributed by atoms with Crippen molar-refractivity contribution in [2.75, 3.05) is 13.1 Å². The molecule has 5 heteroatoms. The molecule has 154 valence electrons. The van der Waals surface area contributed by atoms with E-state index < -0.39 is 0 Å². The summed E-state index contributed by atoms with van der Waals surface area (Å²) >= 11 is 0. The predicted octanol–water partition coefficient (Wildman–Crippen LogP) is 4.98. The quantitative estimate of drug-likeness (QED) is 0.524. The largest absolute Gasteiger partial charge is 0.457 e. The Kier molecular flexibility index (Phi) is 6.30. The van der Waals surface area contributed by atoms with Crippen LogP contribution in [-0.2, 0) is 6.54 Å². The van der Waals surface area contributed by atoms with E-state index in [-0.39, 0.29) is 0 Å². The molecular formula is C25H28N4O. The second-order valence-corrected chi connectivity index (χ2v) is 7.54. The molecule has 0 amide bonds. The van der Waals surface area contributed by atoms with Crippen molar-refractivity contribution in [2.24, 2.45) is 10.7 Å². The van der Waals surface area contributed by atoms with Gasteiger partial charge in [0.25, 0.3) is 0 Å². The molecule has 0 saturated carbocycles. The predicted molar refractivity (Wildman–Crippen MR) is 122 cm³/mol. The van der Waals surface area contributed by atoms with Crippen molar-refractivity contribution in [3.8, 4) is 11.5 Å². The molecule has 0 saturated heterocycles. The normalized spacial score (nSPS) is 14.0. The molecule has 1 aliphatic rings. The van der Waals surface area contributed by atoms with Crippen molar-refractivity contribution in [1.82, 2.24) is 10.2 Å². The Labute approximate surface area is 178 Å². The fraction of sp³-hybridized carbons (Fsp3) is 0.240. The number of hydrogen-bond donors (Lipinski definition) is 2. The Morgan fingerprint density at radius 3 is 2.50 bits per heavy atom. The van der Waals surface area contributed by atoms with Gasteiger partial charge in [-0.3, -0.25) is 0 Å². The van der Waals surface area contributed by atoms with Gasteiger partial charge >= 0.3 is 0 Å². The summed E-state index contributed by atoms with van der Waals surface area (Å²) in [6.45, 7) is 4.71. The maximum absolute atomic E-state index is 6.21. The number of benzene rings is 3. The number of nitrogens with two attached hydrogens (primary N) is 1. The van der Waals surface area contributed by atoms with E-state index >= 15 is 0 Å². The Morgan fingerprint density at radius 2 is 1.73 bits per heavy atom. The van der Waals surface area contributed by atoms with Gasteiger partial charge in [0.2, 0.25) is 0 Å². The molecule has 1 atom stereocenters. The number of aliphatic imine (C=N–C) groups is 1. The van der Waals surface area contributed by atoms with Gasteiger partial charge in [0.05, 0.1) is 5.69 Å². The van der Waals surface area contributed by atoms with Crippen LogP contribution in [0.2, 0.25) is 0 Å². The van der Waals surface area contributed by atoms with Gasteiger partial charge < -0.3 is 20.7 Å². The van der Waals surface area contributed by atoms with Gasteiger partial charge in [-0.25, -0.2) is 4.99 Å². The van der Waals surface area contributed by atoms with E-state index in [0.29, 0.717) is 12.0 Å². The molecule has 4 rings (SSSR count). The summed E-state index contributed by atoms with van der Waals surface area (Å²) < 4.78 is 5.97. The van der Waals surface area contributed by atoms with Gasteiger partial charge in [-0.2, -0.15) is 0 Å². The molecule has 0 spiro atoms. The highest BCUT2D eigenvalue weighted by atomic mass is 16.5. The maximum Gasteiger partial charge on any atom is 0.196 e. The highest BCUT2D eigenvalue weighted by molar-refractivity contribution is 5.83. The summed E-state index contributed by atoms with van der Waals surface area (Å²) in [5.74, 6) is 2.22. The summed E-state index contributed by atoms with van der Waals surface area (Å²) in [5, 5.41) is 3.58. The smallest absolute Gasteiger partial charge is 0.196 e. The molecule has 1 heterocycles. The van der Waals surface area contributed by atoms with Crippen LogP contribution in [0.15, 0.2) is 83.9 Å². The monoisotopic (exact) mass is 400 g/mol. The summed E-state index contributed by atoms with van der Waals surface area (Å²) in [6, 6.07) is 26.6. The first-order valence-corrected chi connectivity index (χ1v) is 10.4. The number of guanidine groups is 1. The van der Waals surface area contributed by atoms with Crippen LogP contribution in [0.5, 0.6) is 11.5 Å². The molecule has 0 radical (unpaired) electrons. The van der Waals surface area contributed by atoms with Crippen LogP contribution >= 0.6 is 0 Å². The molecule has 30 heavy (non-hydrogen) atoms. The Balaban J connectivity index is 1.32. The van der Waals surface area contributed by atoms with E-state index in [1.54, 1.807) is 0 Å². The van der Waals surface area contributed by atoms with E-state index in [0.717, 1.165) is 48.8 Å². The van der Waals surface area contributed by atoms with Gasteiger partial charge in [0, 0.05) is 24.7 Å². The third kappa shape index (κ3) is 4.99. The third-order valence-corrected chi connectivity index (χ3v) is 5.30. The van der Waals surface area contributed by atoms with E-state index in [1.165, 1.54) is 5.56 Å². The highest BCUT2D eigenvalue weighted by Gasteiger charge is 2.18. The summed E-state index contributed by atoms with van der Waals surface area (Å²) in [7, 11) is 0. The first-order chi connectivity index (χ1) is 14.7. The van der Waals surface area contributed by atoms with E-state index in [4.69, 9.17) is 10.5 Å². The van der Waals surface area contributed by atoms with Crippen LogP contribution in [0.1, 0.15) is 30.5 Å². The van der Waals surface area contributed by atoms with Crippen LogP contribution in [0.25, 0.3) is 0 Å². The fourth-order valence-corrected chi connectivity index (χ4v) is 3.61. The minimum atomic E-state index is 0.331. The van der Waals surface area contributed by atoms with Crippen molar-refractivity contribution in [3.63, 3.8) is 0 Å². The molecule has 0 fully saturated rings. The Morgan fingerprint density at radius 1 is 1.00 bits per heavy atom. The SMILES string of the molecule is CC(NCCCN1Cc2cc(Oc3ccccc3)ccc2N=C1N)c1ccccc1. The lowest BCUT2D eigenvalue weighted by Crippen LogP contribution is -2.40. The second kappa shape index (κ2) is 9.46. The zero-order chi connectivity index (χ0) is 20.8. The number of hydrogen-bond acceptors (Lipinski definition) is 5. The summed E-state index contributed by atoms with van der Waals surface area (Å²) in [4.78, 5) is 6.71. The first-order valence-electron chi connectivity index (χ1n) is 10.4. The fourth-order valence-electron chi connectivity index (χ4n) is 3.61. The Hall–Kier alpha value is -3.31. The zero-order valence-electron chi connectivity index (χ0n) is 17.3. The van der Waals surface area contributed by atoms with E-state index in [1.807, 2.05) is 48.5 Å².